The number of benzene rings is 1. The predicted octanol–water partition coefficient (Wildman–Crippen LogP) is 3.66. The van der Waals surface area contributed by atoms with E-state index in [0.29, 0.717) is 30.4 Å². The van der Waals surface area contributed by atoms with Gasteiger partial charge in [0, 0.05) is 37.0 Å². The van der Waals surface area contributed by atoms with E-state index in [1.165, 1.54) is 18.4 Å². The topological polar surface area (TPSA) is 88.8 Å². The molecule has 3 fully saturated rings. The molecule has 1 aliphatic carbocycles. The zero-order valence-corrected chi connectivity index (χ0v) is 18.5. The van der Waals surface area contributed by atoms with Crippen molar-refractivity contribution < 1.29 is 14.3 Å². The molecule has 2 saturated heterocycles. The van der Waals surface area contributed by atoms with Crippen LogP contribution in [0.1, 0.15) is 61.9 Å². The van der Waals surface area contributed by atoms with E-state index in [-0.39, 0.29) is 11.5 Å². The van der Waals surface area contributed by atoms with Gasteiger partial charge >= 0.3 is 6.09 Å². The second-order valence-corrected chi connectivity index (χ2v) is 10.5. The predicted molar refractivity (Wildman–Crippen MR) is 119 cm³/mol. The number of hydrogen-bond acceptors (Lipinski definition) is 5. The Labute approximate surface area is 182 Å². The summed E-state index contributed by atoms with van der Waals surface area (Å²) in [6.07, 6.45) is 3.17. The summed E-state index contributed by atoms with van der Waals surface area (Å²) < 4.78 is 5.49. The van der Waals surface area contributed by atoms with Crippen molar-refractivity contribution >= 4 is 28.7 Å². The van der Waals surface area contributed by atoms with Crippen molar-refractivity contribution in [3.8, 4) is 0 Å². The first kappa shape index (κ1) is 20.1. The Kier molecular flexibility index (Phi) is 4.43. The molecule has 2 N–H and O–H groups in total. The van der Waals surface area contributed by atoms with Crippen LogP contribution in [-0.4, -0.2) is 53.7 Å². The van der Waals surface area contributed by atoms with E-state index in [1.807, 2.05) is 32.9 Å². The Bertz CT molecular complexity index is 1060. The van der Waals surface area contributed by atoms with E-state index in [0.717, 1.165) is 30.4 Å². The van der Waals surface area contributed by atoms with Crippen LogP contribution in [0.25, 0.3) is 10.9 Å². The quantitative estimate of drug-likeness (QED) is 0.815. The van der Waals surface area contributed by atoms with Gasteiger partial charge in [0.15, 0.2) is 0 Å². The first-order valence-electron chi connectivity index (χ1n) is 11.1. The Balaban J connectivity index is 1.37. The Hall–Kier alpha value is -2.83. The smallest absolute Gasteiger partial charge is 0.410 e. The molecule has 31 heavy (non-hydrogen) atoms. The number of carbonyl (C=O) groups excluding carboxylic acids is 2. The van der Waals surface area contributed by atoms with Gasteiger partial charge in [0.2, 0.25) is 0 Å². The molecule has 0 atom stereocenters. The Morgan fingerprint density at radius 1 is 1.16 bits per heavy atom. The largest absolute Gasteiger partial charge is 0.444 e. The van der Waals surface area contributed by atoms with Crippen LogP contribution in [0, 0.1) is 5.41 Å². The molecule has 2 aromatic rings. The summed E-state index contributed by atoms with van der Waals surface area (Å²) in [7, 11) is 0. The van der Waals surface area contributed by atoms with Crippen LogP contribution in [0.2, 0.25) is 0 Å². The first-order valence-corrected chi connectivity index (χ1v) is 11.1. The monoisotopic (exact) mass is 422 g/mol. The summed E-state index contributed by atoms with van der Waals surface area (Å²) in [6, 6.07) is 8.20. The highest BCUT2D eigenvalue weighted by Crippen LogP contribution is 2.43. The molecule has 2 amide bonds. The molecule has 7 heteroatoms. The highest BCUT2D eigenvalue weighted by atomic mass is 16.6. The summed E-state index contributed by atoms with van der Waals surface area (Å²) >= 11 is 0. The number of nitrogens with zero attached hydrogens (tertiary/aromatic N) is 3. The molecule has 1 aromatic heterocycles. The van der Waals surface area contributed by atoms with Crippen molar-refractivity contribution in [2.45, 2.75) is 51.6 Å². The number of hydrogen-bond donors (Lipinski definition) is 1. The van der Waals surface area contributed by atoms with Crippen LogP contribution in [0.4, 0.5) is 10.6 Å². The Morgan fingerprint density at radius 3 is 2.55 bits per heavy atom. The number of anilines is 1. The molecule has 164 valence electrons. The standard InChI is InChI=1S/C24H30N4O3/c1-23(2,3)31-22(30)28-13-24(14-28)8-9-27(12-24)21-18(20(25)29)10-17-7-6-16(15-4-5-15)11-19(17)26-21/h6-7,10-11,15H,4-5,8-9,12-14H2,1-3H3,(H2,25,29). The van der Waals surface area contributed by atoms with Crippen molar-refractivity contribution in [1.29, 1.82) is 0 Å². The molecule has 3 heterocycles. The minimum Gasteiger partial charge on any atom is -0.444 e. The molecule has 1 spiro atoms. The average Bonchev–Trinajstić information content (AvgIpc) is 3.41. The number of ether oxygens (including phenoxy) is 1. The van der Waals surface area contributed by atoms with Gasteiger partial charge < -0.3 is 20.3 Å². The van der Waals surface area contributed by atoms with Crippen molar-refractivity contribution in [2.75, 3.05) is 31.1 Å². The van der Waals surface area contributed by atoms with Gasteiger partial charge in [0.05, 0.1) is 11.1 Å². The van der Waals surface area contributed by atoms with Crippen molar-refractivity contribution in [1.82, 2.24) is 9.88 Å². The van der Waals surface area contributed by atoms with E-state index in [9.17, 15) is 9.59 Å². The first-order chi connectivity index (χ1) is 14.6. The summed E-state index contributed by atoms with van der Waals surface area (Å²) in [4.78, 5) is 33.4. The fourth-order valence-electron chi connectivity index (χ4n) is 4.86. The lowest BCUT2D eigenvalue weighted by Gasteiger charge is -2.47. The average molecular weight is 423 g/mol. The minimum absolute atomic E-state index is 0.0261. The minimum atomic E-state index is -0.494. The summed E-state index contributed by atoms with van der Waals surface area (Å²) in [5, 5.41) is 0.940. The molecule has 0 radical (unpaired) electrons. The number of carbonyl (C=O) groups is 2. The number of nitrogens with two attached hydrogens (primary N) is 1. The maximum Gasteiger partial charge on any atom is 0.410 e. The molecule has 2 aliphatic heterocycles. The fraction of sp³-hybridized carbons (Fsp3) is 0.542. The number of fused-ring (bicyclic) bond motifs is 1. The lowest BCUT2D eigenvalue weighted by Crippen LogP contribution is -2.60. The summed E-state index contributed by atoms with van der Waals surface area (Å²) in [5.41, 5.74) is 7.95. The molecule has 0 bridgehead atoms. The number of rotatable bonds is 3. The second kappa shape index (κ2) is 6.84. The summed E-state index contributed by atoms with van der Waals surface area (Å²) in [5.74, 6) is 0.857. The van der Waals surface area contributed by atoms with Gasteiger partial charge in [-0.2, -0.15) is 0 Å². The third-order valence-electron chi connectivity index (χ3n) is 6.58. The normalized spacial score (nSPS) is 20.2. The molecule has 7 nitrogen and oxygen atoms in total. The fourth-order valence-corrected chi connectivity index (χ4v) is 4.86. The maximum atomic E-state index is 12.3. The Morgan fingerprint density at radius 2 is 1.90 bits per heavy atom. The molecule has 0 unspecified atom stereocenters. The van der Waals surface area contributed by atoms with Gasteiger partial charge in [-0.05, 0) is 63.6 Å². The van der Waals surface area contributed by atoms with Gasteiger partial charge in [-0.1, -0.05) is 12.1 Å². The number of likely N-dealkylation sites (tertiary alicyclic amines) is 1. The van der Waals surface area contributed by atoms with Crippen LogP contribution in [0.3, 0.4) is 0 Å². The van der Waals surface area contributed by atoms with Crippen LogP contribution >= 0.6 is 0 Å². The van der Waals surface area contributed by atoms with Gasteiger partial charge in [0.1, 0.15) is 11.4 Å². The van der Waals surface area contributed by atoms with Crippen LogP contribution in [-0.2, 0) is 4.74 Å². The number of pyridine rings is 1. The maximum absolute atomic E-state index is 12.3. The molecule has 5 rings (SSSR count). The van der Waals surface area contributed by atoms with E-state index in [1.54, 1.807) is 4.90 Å². The van der Waals surface area contributed by atoms with E-state index >= 15 is 0 Å². The van der Waals surface area contributed by atoms with E-state index in [4.69, 9.17) is 15.5 Å². The zero-order chi connectivity index (χ0) is 22.0. The van der Waals surface area contributed by atoms with Gasteiger partial charge in [-0.3, -0.25) is 4.79 Å². The number of aromatic nitrogens is 1. The molecular formula is C24H30N4O3. The molecule has 3 aliphatic rings. The van der Waals surface area contributed by atoms with Gasteiger partial charge in [-0.15, -0.1) is 0 Å². The molecule has 1 aromatic carbocycles. The van der Waals surface area contributed by atoms with Crippen molar-refractivity contribution in [3.63, 3.8) is 0 Å². The number of primary amides is 1. The highest BCUT2D eigenvalue weighted by Gasteiger charge is 2.50. The van der Waals surface area contributed by atoms with E-state index in [2.05, 4.69) is 17.0 Å². The van der Waals surface area contributed by atoms with Crippen LogP contribution in [0.5, 0.6) is 0 Å². The van der Waals surface area contributed by atoms with Gasteiger partial charge in [0.25, 0.3) is 5.91 Å². The summed E-state index contributed by atoms with van der Waals surface area (Å²) in [6.45, 7) is 8.53. The lowest BCUT2D eigenvalue weighted by atomic mass is 9.79. The van der Waals surface area contributed by atoms with Crippen molar-refractivity contribution in [2.24, 2.45) is 11.1 Å². The third kappa shape index (κ3) is 3.82. The molecular weight excluding hydrogens is 392 g/mol. The SMILES string of the molecule is CC(C)(C)OC(=O)N1CC2(CCN(c3nc4cc(C5CC5)ccc4cc3C(N)=O)C2)C1. The lowest BCUT2D eigenvalue weighted by molar-refractivity contribution is -0.0266. The molecule has 1 saturated carbocycles. The third-order valence-corrected chi connectivity index (χ3v) is 6.58. The van der Waals surface area contributed by atoms with Crippen LogP contribution < -0.4 is 10.6 Å². The van der Waals surface area contributed by atoms with Crippen molar-refractivity contribution in [3.05, 3.63) is 35.4 Å². The van der Waals surface area contributed by atoms with Gasteiger partial charge in [-0.25, -0.2) is 9.78 Å². The highest BCUT2D eigenvalue weighted by molar-refractivity contribution is 6.01. The van der Waals surface area contributed by atoms with Crippen LogP contribution in [0.15, 0.2) is 24.3 Å². The zero-order valence-electron chi connectivity index (χ0n) is 18.5. The number of amides is 2. The second-order valence-electron chi connectivity index (χ2n) is 10.5. The van der Waals surface area contributed by atoms with E-state index < -0.39 is 11.5 Å².